The summed E-state index contributed by atoms with van der Waals surface area (Å²) in [6.07, 6.45) is 3.87. The predicted molar refractivity (Wildman–Crippen MR) is 75.1 cm³/mol. The molecule has 20 heavy (non-hydrogen) atoms. The summed E-state index contributed by atoms with van der Waals surface area (Å²) in [4.78, 5) is 0. The SMILES string of the molecule is CN(C1(C#N)CCCCC1)S(=O)(=O)c1c(Br)nnn1C. The molecule has 0 saturated heterocycles. The molecular formula is C11H16BrN5O2S. The van der Waals surface area contributed by atoms with Crippen LogP contribution in [0.3, 0.4) is 0 Å². The summed E-state index contributed by atoms with van der Waals surface area (Å²) in [5, 5.41) is 16.9. The zero-order valence-corrected chi connectivity index (χ0v) is 13.8. The summed E-state index contributed by atoms with van der Waals surface area (Å²) in [7, 11) is -0.851. The number of nitrogens with zero attached hydrogens (tertiary/aromatic N) is 5. The lowest BCUT2D eigenvalue weighted by atomic mass is 9.83. The van der Waals surface area contributed by atoms with E-state index in [9.17, 15) is 13.7 Å². The van der Waals surface area contributed by atoms with E-state index in [1.807, 2.05) is 0 Å². The first-order valence-electron chi connectivity index (χ1n) is 6.30. The van der Waals surface area contributed by atoms with Gasteiger partial charge in [-0.3, -0.25) is 0 Å². The maximum atomic E-state index is 12.7. The lowest BCUT2D eigenvalue weighted by molar-refractivity contribution is 0.211. The topological polar surface area (TPSA) is 91.9 Å². The number of halogens is 1. The third kappa shape index (κ3) is 2.36. The maximum absolute atomic E-state index is 12.7. The second kappa shape index (κ2) is 5.42. The van der Waals surface area contributed by atoms with Gasteiger partial charge in [0.05, 0.1) is 6.07 Å². The number of hydrogen-bond donors (Lipinski definition) is 0. The Labute approximate surface area is 126 Å². The summed E-state index contributed by atoms with van der Waals surface area (Å²) in [5.41, 5.74) is -0.971. The molecule has 1 fully saturated rings. The molecule has 0 aliphatic heterocycles. The van der Waals surface area contributed by atoms with Gasteiger partial charge in [0.15, 0.2) is 4.60 Å². The zero-order chi connectivity index (χ0) is 15.0. The molecule has 0 unspecified atom stereocenters. The van der Waals surface area contributed by atoms with E-state index in [4.69, 9.17) is 0 Å². The molecule has 1 aliphatic rings. The normalized spacial score (nSPS) is 18.9. The van der Waals surface area contributed by atoms with Crippen LogP contribution >= 0.6 is 15.9 Å². The van der Waals surface area contributed by atoms with Gasteiger partial charge in [-0.05, 0) is 28.8 Å². The monoisotopic (exact) mass is 361 g/mol. The highest BCUT2D eigenvalue weighted by Crippen LogP contribution is 2.36. The second-order valence-electron chi connectivity index (χ2n) is 4.99. The number of aromatic nitrogens is 3. The van der Waals surface area contributed by atoms with Crippen molar-refractivity contribution in [3.63, 3.8) is 0 Å². The Morgan fingerprint density at radius 1 is 1.40 bits per heavy atom. The van der Waals surface area contributed by atoms with Gasteiger partial charge in [0.1, 0.15) is 5.54 Å². The van der Waals surface area contributed by atoms with Crippen molar-refractivity contribution in [2.24, 2.45) is 7.05 Å². The van der Waals surface area contributed by atoms with E-state index in [1.165, 1.54) is 23.1 Å². The molecule has 1 aliphatic carbocycles. The van der Waals surface area contributed by atoms with Crippen LogP contribution in [0.4, 0.5) is 0 Å². The molecule has 0 aromatic carbocycles. The zero-order valence-electron chi connectivity index (χ0n) is 11.4. The van der Waals surface area contributed by atoms with Gasteiger partial charge < -0.3 is 0 Å². The van der Waals surface area contributed by atoms with Crippen molar-refractivity contribution in [1.82, 2.24) is 19.3 Å². The second-order valence-corrected chi connectivity index (χ2v) is 7.62. The van der Waals surface area contributed by atoms with Crippen LogP contribution in [-0.2, 0) is 17.1 Å². The van der Waals surface area contributed by atoms with Crippen LogP contribution in [-0.4, -0.2) is 40.3 Å². The van der Waals surface area contributed by atoms with Gasteiger partial charge in [-0.25, -0.2) is 13.1 Å². The molecule has 7 nitrogen and oxygen atoms in total. The smallest absolute Gasteiger partial charge is 0.235 e. The standard InChI is InChI=1S/C11H16BrN5O2S/c1-16-10(9(12)14-15-16)20(18,19)17(2)11(8-13)6-4-3-5-7-11/h3-7H2,1-2H3. The van der Waals surface area contributed by atoms with Crippen molar-refractivity contribution in [2.45, 2.75) is 42.7 Å². The highest BCUT2D eigenvalue weighted by Gasteiger charge is 2.44. The molecule has 2 rings (SSSR count). The van der Waals surface area contributed by atoms with Crippen LogP contribution in [0.15, 0.2) is 9.63 Å². The van der Waals surface area contributed by atoms with E-state index in [2.05, 4.69) is 32.3 Å². The molecule has 1 aromatic heterocycles. The summed E-state index contributed by atoms with van der Waals surface area (Å²) >= 11 is 3.10. The minimum Gasteiger partial charge on any atom is -0.235 e. The molecule has 9 heteroatoms. The highest BCUT2D eigenvalue weighted by molar-refractivity contribution is 9.10. The Bertz CT molecular complexity index is 623. The first-order valence-corrected chi connectivity index (χ1v) is 8.54. The Hall–Kier alpha value is -0.980. The Morgan fingerprint density at radius 2 is 2.00 bits per heavy atom. The van der Waals surface area contributed by atoms with Crippen LogP contribution in [0.5, 0.6) is 0 Å². The summed E-state index contributed by atoms with van der Waals surface area (Å²) in [6, 6.07) is 2.21. The molecule has 1 aromatic rings. The molecule has 0 radical (unpaired) electrons. The average Bonchev–Trinajstić information content (AvgIpc) is 2.78. The van der Waals surface area contributed by atoms with Crippen molar-refractivity contribution in [2.75, 3.05) is 7.05 Å². The molecule has 1 saturated carbocycles. The van der Waals surface area contributed by atoms with E-state index in [-0.39, 0.29) is 9.63 Å². The number of aryl methyl sites for hydroxylation is 1. The third-order valence-electron chi connectivity index (χ3n) is 3.83. The molecule has 0 spiro atoms. The minimum atomic E-state index is -3.83. The maximum Gasteiger partial charge on any atom is 0.264 e. The van der Waals surface area contributed by atoms with Gasteiger partial charge in [0.2, 0.25) is 5.03 Å². The van der Waals surface area contributed by atoms with Gasteiger partial charge in [-0.15, -0.1) is 5.10 Å². The van der Waals surface area contributed by atoms with Gasteiger partial charge in [0, 0.05) is 14.1 Å². The minimum absolute atomic E-state index is 0.0276. The van der Waals surface area contributed by atoms with Gasteiger partial charge in [0.25, 0.3) is 10.0 Å². The van der Waals surface area contributed by atoms with Gasteiger partial charge in [-0.1, -0.05) is 24.5 Å². The van der Waals surface area contributed by atoms with Crippen molar-refractivity contribution < 1.29 is 8.42 Å². The Balaban J connectivity index is 2.46. The van der Waals surface area contributed by atoms with Crippen LogP contribution in [0.1, 0.15) is 32.1 Å². The Kier molecular flexibility index (Phi) is 4.18. The van der Waals surface area contributed by atoms with E-state index in [0.29, 0.717) is 12.8 Å². The molecule has 0 N–H and O–H groups in total. The average molecular weight is 362 g/mol. The van der Waals surface area contributed by atoms with Crippen molar-refractivity contribution in [3.05, 3.63) is 4.60 Å². The van der Waals surface area contributed by atoms with Crippen LogP contribution in [0.2, 0.25) is 0 Å². The van der Waals surface area contributed by atoms with Crippen LogP contribution in [0, 0.1) is 11.3 Å². The number of hydrogen-bond acceptors (Lipinski definition) is 5. The highest BCUT2D eigenvalue weighted by atomic mass is 79.9. The Morgan fingerprint density at radius 3 is 2.45 bits per heavy atom. The first kappa shape index (κ1) is 15.4. The fourth-order valence-electron chi connectivity index (χ4n) is 2.59. The van der Waals surface area contributed by atoms with E-state index < -0.39 is 15.6 Å². The quantitative estimate of drug-likeness (QED) is 0.811. The molecule has 110 valence electrons. The van der Waals surface area contributed by atoms with Crippen molar-refractivity contribution >= 4 is 26.0 Å². The number of nitriles is 1. The van der Waals surface area contributed by atoms with Gasteiger partial charge >= 0.3 is 0 Å². The van der Waals surface area contributed by atoms with Crippen LogP contribution < -0.4 is 0 Å². The molecule has 0 atom stereocenters. The van der Waals surface area contributed by atoms with Crippen molar-refractivity contribution in [1.29, 1.82) is 5.26 Å². The molecule has 0 bridgehead atoms. The van der Waals surface area contributed by atoms with E-state index >= 15 is 0 Å². The third-order valence-corrected chi connectivity index (χ3v) is 6.65. The van der Waals surface area contributed by atoms with Gasteiger partial charge in [-0.2, -0.15) is 9.57 Å². The van der Waals surface area contributed by atoms with Crippen molar-refractivity contribution in [3.8, 4) is 6.07 Å². The fourth-order valence-corrected chi connectivity index (χ4v) is 5.10. The number of sulfonamides is 1. The molecular weight excluding hydrogens is 346 g/mol. The lowest BCUT2D eigenvalue weighted by Crippen LogP contribution is -2.50. The largest absolute Gasteiger partial charge is 0.264 e. The first-order chi connectivity index (χ1) is 9.35. The summed E-state index contributed by atoms with van der Waals surface area (Å²) in [5.74, 6) is 0. The van der Waals surface area contributed by atoms with E-state index in [1.54, 1.807) is 0 Å². The summed E-state index contributed by atoms with van der Waals surface area (Å²) < 4.78 is 28.0. The number of rotatable bonds is 3. The summed E-state index contributed by atoms with van der Waals surface area (Å²) in [6.45, 7) is 0. The molecule has 0 amide bonds. The fraction of sp³-hybridized carbons (Fsp3) is 0.727. The van der Waals surface area contributed by atoms with Crippen LogP contribution in [0.25, 0.3) is 0 Å². The predicted octanol–water partition coefficient (Wildman–Crippen LogP) is 1.42. The van der Waals surface area contributed by atoms with E-state index in [0.717, 1.165) is 19.3 Å². The molecule has 1 heterocycles. The lowest BCUT2D eigenvalue weighted by Gasteiger charge is -2.37.